The molecule has 0 bridgehead atoms. The van der Waals surface area contributed by atoms with Gasteiger partial charge in [-0.15, -0.1) is 0 Å². The van der Waals surface area contributed by atoms with Crippen molar-refractivity contribution in [3.05, 3.63) is 24.3 Å². The highest BCUT2D eigenvalue weighted by atomic mass is 31.2. The predicted molar refractivity (Wildman–Crippen MR) is 296 cm³/mol. The minimum absolute atomic E-state index is 0.0270. The monoisotopic (exact) mass is 1010 g/mol. The lowest BCUT2D eigenvalue weighted by atomic mass is 10.0. The van der Waals surface area contributed by atoms with Crippen LogP contribution < -0.4 is 4.89 Å². The summed E-state index contributed by atoms with van der Waals surface area (Å²) in [7, 11) is 1.18. The Bertz CT molecular complexity index is 1240. The molecule has 2 unspecified atom stereocenters. The van der Waals surface area contributed by atoms with Gasteiger partial charge in [0.2, 0.25) is 0 Å². The summed E-state index contributed by atoms with van der Waals surface area (Å²) in [5, 5.41) is 0. The maximum absolute atomic E-state index is 12.7. The van der Waals surface area contributed by atoms with E-state index < -0.39 is 26.5 Å². The zero-order valence-electron chi connectivity index (χ0n) is 47.0. The first-order valence-electron chi connectivity index (χ1n) is 30.0. The zero-order valence-corrected chi connectivity index (χ0v) is 47.9. The highest BCUT2D eigenvalue weighted by Gasteiger charge is 2.22. The minimum Gasteiger partial charge on any atom is -0.756 e. The van der Waals surface area contributed by atoms with E-state index in [1.165, 1.54) is 225 Å². The summed E-state index contributed by atoms with van der Waals surface area (Å²) in [4.78, 5) is 37.6. The first-order chi connectivity index (χ1) is 34.0. The van der Waals surface area contributed by atoms with E-state index in [0.29, 0.717) is 17.4 Å². The van der Waals surface area contributed by atoms with Gasteiger partial charge in [-0.3, -0.25) is 14.2 Å². The van der Waals surface area contributed by atoms with Gasteiger partial charge < -0.3 is 27.9 Å². The summed E-state index contributed by atoms with van der Waals surface area (Å²) in [5.41, 5.74) is 0. The number of carbonyl (C=O) groups excluding carboxylic acids is 2. The van der Waals surface area contributed by atoms with Crippen molar-refractivity contribution in [1.82, 2.24) is 0 Å². The Kier molecular flexibility index (Phi) is 51.2. The van der Waals surface area contributed by atoms with Crippen molar-refractivity contribution in [1.29, 1.82) is 0 Å². The lowest BCUT2D eigenvalue weighted by Gasteiger charge is -2.28. The summed E-state index contributed by atoms with van der Waals surface area (Å²) in [6.45, 7) is 4.24. The molecule has 2 atom stereocenters. The number of allylic oxidation sites excluding steroid dienone is 4. The van der Waals surface area contributed by atoms with Crippen molar-refractivity contribution in [2.75, 3.05) is 47.5 Å². The summed E-state index contributed by atoms with van der Waals surface area (Å²) in [5.74, 6) is -0.821. The fourth-order valence-electron chi connectivity index (χ4n) is 8.81. The van der Waals surface area contributed by atoms with Crippen molar-refractivity contribution in [2.24, 2.45) is 0 Å². The van der Waals surface area contributed by atoms with E-state index in [1.807, 2.05) is 21.1 Å². The minimum atomic E-state index is -4.62. The molecular weight excluding hydrogens is 894 g/mol. The van der Waals surface area contributed by atoms with E-state index in [4.69, 9.17) is 18.5 Å². The molecule has 0 aromatic rings. The van der Waals surface area contributed by atoms with Crippen molar-refractivity contribution in [2.45, 2.75) is 302 Å². The molecule has 0 radical (unpaired) electrons. The van der Waals surface area contributed by atoms with Crippen LogP contribution in [0.1, 0.15) is 296 Å². The normalized spacial score (nSPS) is 13.4. The van der Waals surface area contributed by atoms with Gasteiger partial charge in [-0.05, 0) is 44.9 Å². The molecule has 0 fully saturated rings. The van der Waals surface area contributed by atoms with Crippen molar-refractivity contribution < 1.29 is 42.1 Å². The first kappa shape index (κ1) is 68.5. The van der Waals surface area contributed by atoms with E-state index >= 15 is 0 Å². The van der Waals surface area contributed by atoms with Crippen LogP contribution in [0.25, 0.3) is 0 Å². The SMILES string of the molecule is CCCCCCC/C=C\C/C=C\CCCCCCCCCCCCCCCCCCCCCCCCCCCC(=O)OC(COC(=O)CCCCCCCCCCC)COP(=O)([O-])OCC[N+](C)(C)C. The molecule has 0 aliphatic rings. The van der Waals surface area contributed by atoms with E-state index in [-0.39, 0.29) is 32.0 Å². The molecule has 414 valence electrons. The number of phosphoric ester groups is 1. The third-order valence-electron chi connectivity index (χ3n) is 13.5. The second-order valence-electron chi connectivity index (χ2n) is 21.7. The summed E-state index contributed by atoms with van der Waals surface area (Å²) in [6.07, 6.45) is 62.7. The third-order valence-corrected chi connectivity index (χ3v) is 14.4. The number of hydrogen-bond donors (Lipinski definition) is 0. The number of unbranched alkanes of at least 4 members (excludes halogenated alkanes) is 38. The van der Waals surface area contributed by atoms with Crippen molar-refractivity contribution >= 4 is 19.8 Å². The van der Waals surface area contributed by atoms with Gasteiger partial charge in [0, 0.05) is 12.8 Å². The molecule has 0 spiro atoms. The molecule has 0 amide bonds. The molecule has 9 nitrogen and oxygen atoms in total. The lowest BCUT2D eigenvalue weighted by molar-refractivity contribution is -0.870. The number of nitrogens with zero attached hydrogens (tertiary/aromatic N) is 1. The molecule has 0 rings (SSSR count). The number of phosphoric acid groups is 1. The second kappa shape index (κ2) is 52.4. The van der Waals surface area contributed by atoms with Gasteiger partial charge in [0.1, 0.15) is 19.8 Å². The largest absolute Gasteiger partial charge is 0.756 e. The average Bonchev–Trinajstić information content (AvgIpc) is 3.32. The number of quaternary nitrogens is 1. The fourth-order valence-corrected chi connectivity index (χ4v) is 9.54. The van der Waals surface area contributed by atoms with E-state index in [0.717, 1.165) is 38.5 Å². The first-order valence-corrected chi connectivity index (χ1v) is 31.5. The lowest BCUT2D eigenvalue weighted by Crippen LogP contribution is -2.37. The molecule has 10 heteroatoms. The van der Waals surface area contributed by atoms with Crippen LogP contribution in [0.15, 0.2) is 24.3 Å². The molecule has 0 heterocycles. The topological polar surface area (TPSA) is 111 Å². The summed E-state index contributed by atoms with van der Waals surface area (Å²) >= 11 is 0. The molecule has 0 aliphatic heterocycles. The number of hydrogen-bond acceptors (Lipinski definition) is 8. The van der Waals surface area contributed by atoms with E-state index in [1.54, 1.807) is 0 Å². The fraction of sp³-hybridized carbons (Fsp3) is 0.900. The van der Waals surface area contributed by atoms with Crippen LogP contribution in [0.2, 0.25) is 0 Å². The number of esters is 2. The molecular formula is C60H116NO8P. The highest BCUT2D eigenvalue weighted by Crippen LogP contribution is 2.38. The number of carbonyl (C=O) groups is 2. The van der Waals surface area contributed by atoms with Crippen LogP contribution in [0, 0.1) is 0 Å². The van der Waals surface area contributed by atoms with Gasteiger partial charge in [-0.2, -0.15) is 0 Å². The number of ether oxygens (including phenoxy) is 2. The van der Waals surface area contributed by atoms with Crippen LogP contribution in [-0.4, -0.2) is 70.0 Å². The Hall–Kier alpha value is -1.51. The Morgan fingerprint density at radius 1 is 0.443 bits per heavy atom. The number of likely N-dealkylation sites (N-methyl/N-ethyl adjacent to an activating group) is 1. The quantitative estimate of drug-likeness (QED) is 0.0195. The molecule has 0 N–H and O–H groups in total. The van der Waals surface area contributed by atoms with E-state index in [2.05, 4.69) is 38.2 Å². The molecule has 0 aliphatic carbocycles. The van der Waals surface area contributed by atoms with E-state index in [9.17, 15) is 19.0 Å². The zero-order chi connectivity index (χ0) is 51.3. The van der Waals surface area contributed by atoms with Crippen molar-refractivity contribution in [3.8, 4) is 0 Å². The predicted octanol–water partition coefficient (Wildman–Crippen LogP) is 18.0. The third kappa shape index (κ3) is 55.8. The van der Waals surface area contributed by atoms with Gasteiger partial charge in [0.15, 0.2) is 6.10 Å². The van der Waals surface area contributed by atoms with Gasteiger partial charge >= 0.3 is 11.9 Å². The van der Waals surface area contributed by atoms with Crippen molar-refractivity contribution in [3.63, 3.8) is 0 Å². The average molecular weight is 1010 g/mol. The molecule has 0 aromatic carbocycles. The Balaban J connectivity index is 3.82. The van der Waals surface area contributed by atoms with Crippen LogP contribution in [0.4, 0.5) is 0 Å². The smallest absolute Gasteiger partial charge is 0.306 e. The van der Waals surface area contributed by atoms with Gasteiger partial charge in [0.25, 0.3) is 7.82 Å². The molecule has 0 saturated carbocycles. The van der Waals surface area contributed by atoms with Crippen LogP contribution in [-0.2, 0) is 32.7 Å². The Morgan fingerprint density at radius 3 is 1.13 bits per heavy atom. The maximum Gasteiger partial charge on any atom is 0.306 e. The summed E-state index contributed by atoms with van der Waals surface area (Å²) in [6, 6.07) is 0. The Labute approximate surface area is 434 Å². The summed E-state index contributed by atoms with van der Waals surface area (Å²) < 4.78 is 34.0. The molecule has 0 aromatic heterocycles. The second-order valence-corrected chi connectivity index (χ2v) is 23.1. The van der Waals surface area contributed by atoms with Gasteiger partial charge in [0.05, 0.1) is 27.7 Å². The van der Waals surface area contributed by atoms with Crippen LogP contribution in [0.3, 0.4) is 0 Å². The molecule has 0 saturated heterocycles. The van der Waals surface area contributed by atoms with Gasteiger partial charge in [-0.1, -0.05) is 263 Å². The van der Waals surface area contributed by atoms with Crippen LogP contribution in [0.5, 0.6) is 0 Å². The van der Waals surface area contributed by atoms with Gasteiger partial charge in [-0.25, -0.2) is 0 Å². The maximum atomic E-state index is 12.7. The molecule has 70 heavy (non-hydrogen) atoms. The highest BCUT2D eigenvalue weighted by molar-refractivity contribution is 7.45. The Morgan fingerprint density at radius 2 is 0.771 bits per heavy atom. The van der Waals surface area contributed by atoms with Crippen LogP contribution >= 0.6 is 7.82 Å². The number of rotatable bonds is 56. The standard InChI is InChI=1S/C60H116NO8P/c1-6-8-10-12-14-16-17-18-19-20-21-22-23-24-25-26-27-28-29-30-31-32-33-34-35-36-37-38-39-40-41-42-43-45-47-49-51-53-60(63)69-58(57-68-70(64,65)67-55-54-61(3,4)5)56-66-59(62)52-50-48-46-44-15-13-11-9-7-2/h17-18,20-21,58H,6-16,19,22-57H2,1-5H3/b18-17-,21-20-.